The van der Waals surface area contributed by atoms with E-state index >= 15 is 0 Å². The minimum Gasteiger partial charge on any atom is -0.373 e. The van der Waals surface area contributed by atoms with Crippen molar-refractivity contribution >= 4 is 17.4 Å². The van der Waals surface area contributed by atoms with Crippen LogP contribution in [0.1, 0.15) is 29.3 Å². The molecule has 0 aliphatic heterocycles. The molecule has 2 N–H and O–H groups in total. The summed E-state index contributed by atoms with van der Waals surface area (Å²) in [6, 6.07) is 11.5. The summed E-state index contributed by atoms with van der Waals surface area (Å²) in [6.07, 6.45) is 3.74. The Morgan fingerprint density at radius 2 is 1.90 bits per heavy atom. The fourth-order valence-corrected chi connectivity index (χ4v) is 1.92. The Bertz CT molecular complexity index is 561. The quantitative estimate of drug-likeness (QED) is 0.875. The van der Waals surface area contributed by atoms with Gasteiger partial charge in [-0.15, -0.1) is 0 Å². The van der Waals surface area contributed by atoms with Gasteiger partial charge in [-0.25, -0.2) is 4.98 Å². The maximum absolute atomic E-state index is 12.1. The van der Waals surface area contributed by atoms with E-state index in [-0.39, 0.29) is 5.91 Å². The number of hydrogen-bond acceptors (Lipinski definition) is 3. The zero-order valence-corrected chi connectivity index (χ0v) is 11.8. The van der Waals surface area contributed by atoms with E-state index in [1.54, 1.807) is 25.4 Å². The summed E-state index contributed by atoms with van der Waals surface area (Å²) < 4.78 is 0. The highest BCUT2D eigenvalue weighted by Gasteiger charge is 2.06. The number of amides is 1. The normalized spacial score (nSPS) is 10.1. The second-order valence-corrected chi connectivity index (χ2v) is 4.58. The average Bonchev–Trinajstić information content (AvgIpc) is 2.49. The molecule has 2 aromatic rings. The van der Waals surface area contributed by atoms with E-state index in [1.807, 2.05) is 24.3 Å². The molecule has 0 unspecified atom stereocenters. The number of anilines is 2. The molecule has 104 valence electrons. The number of carbonyl (C=O) groups excluding carboxylic acids is 1. The van der Waals surface area contributed by atoms with Gasteiger partial charge in [0.2, 0.25) is 0 Å². The number of pyridine rings is 1. The molecule has 4 heteroatoms. The van der Waals surface area contributed by atoms with Crippen LogP contribution in [0, 0.1) is 0 Å². The van der Waals surface area contributed by atoms with Gasteiger partial charge in [-0.1, -0.05) is 25.5 Å². The Morgan fingerprint density at radius 1 is 1.15 bits per heavy atom. The van der Waals surface area contributed by atoms with E-state index < -0.39 is 0 Å². The van der Waals surface area contributed by atoms with Crippen LogP contribution in [0.2, 0.25) is 0 Å². The summed E-state index contributed by atoms with van der Waals surface area (Å²) in [7, 11) is 1.79. The molecule has 1 aromatic carbocycles. The lowest BCUT2D eigenvalue weighted by atomic mass is 10.1. The Morgan fingerprint density at radius 3 is 2.45 bits per heavy atom. The number of carbonyl (C=O) groups is 1. The summed E-state index contributed by atoms with van der Waals surface area (Å²) >= 11 is 0. The fourth-order valence-electron chi connectivity index (χ4n) is 1.92. The van der Waals surface area contributed by atoms with Gasteiger partial charge in [0, 0.05) is 18.9 Å². The number of nitrogens with zero attached hydrogens (tertiary/aromatic N) is 1. The second-order valence-electron chi connectivity index (χ2n) is 4.58. The van der Waals surface area contributed by atoms with Crippen molar-refractivity contribution in [3.05, 3.63) is 53.7 Å². The molecule has 0 saturated heterocycles. The van der Waals surface area contributed by atoms with Crippen LogP contribution in [0.3, 0.4) is 0 Å². The fraction of sp³-hybridized carbons (Fsp3) is 0.250. The van der Waals surface area contributed by atoms with Crippen LogP contribution in [0.5, 0.6) is 0 Å². The SMILES string of the molecule is CCCc1ccc(NC(=O)c2ccc(NC)nc2)cc1. The molecule has 0 fully saturated rings. The molecule has 4 nitrogen and oxygen atoms in total. The van der Waals surface area contributed by atoms with E-state index in [9.17, 15) is 4.79 Å². The highest BCUT2D eigenvalue weighted by atomic mass is 16.1. The van der Waals surface area contributed by atoms with Crippen molar-refractivity contribution < 1.29 is 4.79 Å². The third kappa shape index (κ3) is 3.57. The van der Waals surface area contributed by atoms with Gasteiger partial charge in [0.25, 0.3) is 5.91 Å². The molecule has 2 rings (SSSR count). The van der Waals surface area contributed by atoms with Crippen LogP contribution in [-0.4, -0.2) is 17.9 Å². The Hall–Kier alpha value is -2.36. The predicted molar refractivity (Wildman–Crippen MR) is 82.2 cm³/mol. The van der Waals surface area contributed by atoms with Gasteiger partial charge in [-0.3, -0.25) is 4.79 Å². The lowest BCUT2D eigenvalue weighted by Gasteiger charge is -2.07. The van der Waals surface area contributed by atoms with Crippen molar-refractivity contribution in [3.8, 4) is 0 Å². The maximum atomic E-state index is 12.1. The van der Waals surface area contributed by atoms with Crippen molar-refractivity contribution in [2.45, 2.75) is 19.8 Å². The summed E-state index contributed by atoms with van der Waals surface area (Å²) in [5.41, 5.74) is 2.62. The van der Waals surface area contributed by atoms with Crippen LogP contribution >= 0.6 is 0 Å². The Kier molecular flexibility index (Phi) is 4.71. The highest BCUT2D eigenvalue weighted by Crippen LogP contribution is 2.13. The monoisotopic (exact) mass is 269 g/mol. The molecule has 0 spiro atoms. The van der Waals surface area contributed by atoms with Crippen LogP contribution in [0.25, 0.3) is 0 Å². The minimum absolute atomic E-state index is 0.150. The first kappa shape index (κ1) is 14.1. The molecule has 0 bridgehead atoms. The first-order valence-corrected chi connectivity index (χ1v) is 6.77. The first-order chi connectivity index (χ1) is 9.72. The van der Waals surface area contributed by atoms with E-state index in [1.165, 1.54) is 5.56 Å². The number of hydrogen-bond donors (Lipinski definition) is 2. The summed E-state index contributed by atoms with van der Waals surface area (Å²) in [6.45, 7) is 2.15. The largest absolute Gasteiger partial charge is 0.373 e. The van der Waals surface area contributed by atoms with Gasteiger partial charge in [-0.2, -0.15) is 0 Å². The van der Waals surface area contributed by atoms with Crippen LogP contribution in [-0.2, 0) is 6.42 Å². The molecule has 20 heavy (non-hydrogen) atoms. The summed E-state index contributed by atoms with van der Waals surface area (Å²) in [5, 5.41) is 5.78. The molecule has 0 radical (unpaired) electrons. The second kappa shape index (κ2) is 6.70. The number of benzene rings is 1. The Labute approximate surface area is 119 Å². The third-order valence-electron chi connectivity index (χ3n) is 3.03. The van der Waals surface area contributed by atoms with Crippen molar-refractivity contribution in [1.29, 1.82) is 0 Å². The standard InChI is InChI=1S/C16H19N3O/c1-3-4-12-5-8-14(9-6-12)19-16(20)13-7-10-15(17-2)18-11-13/h5-11H,3-4H2,1-2H3,(H,17,18)(H,19,20). The zero-order valence-electron chi connectivity index (χ0n) is 11.8. The van der Waals surface area contributed by atoms with Gasteiger partial charge >= 0.3 is 0 Å². The lowest BCUT2D eigenvalue weighted by Crippen LogP contribution is -2.12. The number of nitrogens with one attached hydrogen (secondary N) is 2. The topological polar surface area (TPSA) is 54.0 Å². The molecule has 1 heterocycles. The van der Waals surface area contributed by atoms with Crippen LogP contribution in [0.15, 0.2) is 42.6 Å². The smallest absolute Gasteiger partial charge is 0.257 e. The third-order valence-corrected chi connectivity index (χ3v) is 3.03. The average molecular weight is 269 g/mol. The van der Waals surface area contributed by atoms with Crippen molar-refractivity contribution in [2.75, 3.05) is 17.7 Å². The summed E-state index contributed by atoms with van der Waals surface area (Å²) in [5.74, 6) is 0.592. The van der Waals surface area contributed by atoms with Gasteiger partial charge < -0.3 is 10.6 Å². The van der Waals surface area contributed by atoms with Crippen molar-refractivity contribution in [2.24, 2.45) is 0 Å². The van der Waals surface area contributed by atoms with Crippen molar-refractivity contribution in [3.63, 3.8) is 0 Å². The molecule has 1 aromatic heterocycles. The number of aromatic nitrogens is 1. The van der Waals surface area contributed by atoms with Crippen LogP contribution in [0.4, 0.5) is 11.5 Å². The highest BCUT2D eigenvalue weighted by molar-refractivity contribution is 6.04. The van der Waals surface area contributed by atoms with Crippen molar-refractivity contribution in [1.82, 2.24) is 4.98 Å². The van der Waals surface area contributed by atoms with E-state index in [4.69, 9.17) is 0 Å². The maximum Gasteiger partial charge on any atom is 0.257 e. The molecule has 0 atom stereocenters. The van der Waals surface area contributed by atoms with E-state index in [2.05, 4.69) is 22.5 Å². The van der Waals surface area contributed by atoms with Gasteiger partial charge in [0.1, 0.15) is 5.82 Å². The lowest BCUT2D eigenvalue weighted by molar-refractivity contribution is 0.102. The van der Waals surface area contributed by atoms with E-state index in [0.717, 1.165) is 24.3 Å². The van der Waals surface area contributed by atoms with E-state index in [0.29, 0.717) is 5.56 Å². The zero-order chi connectivity index (χ0) is 14.4. The molecule has 1 amide bonds. The number of aryl methyl sites for hydroxylation is 1. The molecule has 0 aliphatic rings. The van der Waals surface area contributed by atoms with Gasteiger partial charge in [0.05, 0.1) is 5.56 Å². The molecular weight excluding hydrogens is 250 g/mol. The van der Waals surface area contributed by atoms with Gasteiger partial charge in [0.15, 0.2) is 0 Å². The molecule has 0 aliphatic carbocycles. The Balaban J connectivity index is 2.02. The first-order valence-electron chi connectivity index (χ1n) is 6.77. The predicted octanol–water partition coefficient (Wildman–Crippen LogP) is 3.33. The minimum atomic E-state index is -0.150. The molecule has 0 saturated carbocycles. The van der Waals surface area contributed by atoms with Crippen LogP contribution < -0.4 is 10.6 Å². The number of rotatable bonds is 5. The molecular formula is C16H19N3O. The van der Waals surface area contributed by atoms with Gasteiger partial charge in [-0.05, 0) is 36.2 Å². The summed E-state index contributed by atoms with van der Waals surface area (Å²) in [4.78, 5) is 16.2.